The van der Waals surface area contributed by atoms with E-state index in [0.29, 0.717) is 12.6 Å². The van der Waals surface area contributed by atoms with E-state index in [-0.39, 0.29) is 5.82 Å². The molecule has 2 aliphatic rings. The second-order valence-corrected chi connectivity index (χ2v) is 10.9. The van der Waals surface area contributed by atoms with Crippen LogP contribution in [0.1, 0.15) is 29.8 Å². The Morgan fingerprint density at radius 3 is 2.55 bits per heavy atom. The fraction of sp³-hybridized carbons (Fsp3) is 0.235. The van der Waals surface area contributed by atoms with Crippen LogP contribution in [0.3, 0.4) is 0 Å². The fourth-order valence-electron chi connectivity index (χ4n) is 6.29. The van der Waals surface area contributed by atoms with Crippen molar-refractivity contribution < 1.29 is 4.74 Å². The lowest BCUT2D eigenvalue weighted by Gasteiger charge is -2.32. The first-order chi connectivity index (χ1) is 20.7. The zero-order valence-corrected chi connectivity index (χ0v) is 23.5. The van der Waals surface area contributed by atoms with Crippen LogP contribution < -0.4 is 10.1 Å². The molecule has 1 N–H and O–H groups in total. The summed E-state index contributed by atoms with van der Waals surface area (Å²) in [6.45, 7) is 3.45. The highest BCUT2D eigenvalue weighted by Gasteiger charge is 2.29. The lowest BCUT2D eigenvalue weighted by atomic mass is 9.95. The Morgan fingerprint density at radius 1 is 0.952 bits per heavy atom. The zero-order chi connectivity index (χ0) is 28.5. The highest BCUT2D eigenvalue weighted by atomic mass is 16.5. The van der Waals surface area contributed by atoms with Crippen LogP contribution in [0.2, 0.25) is 0 Å². The van der Waals surface area contributed by atoms with Crippen LogP contribution in [0.4, 0.5) is 5.82 Å². The molecule has 0 saturated carbocycles. The third-order valence-corrected chi connectivity index (χ3v) is 8.30. The van der Waals surface area contributed by atoms with Crippen molar-refractivity contribution in [3.63, 3.8) is 0 Å². The van der Waals surface area contributed by atoms with Crippen LogP contribution in [-0.4, -0.2) is 43.6 Å². The number of nitriles is 1. The molecule has 0 atom stereocenters. The molecule has 42 heavy (non-hydrogen) atoms. The molecule has 0 spiro atoms. The number of pyridine rings is 1. The van der Waals surface area contributed by atoms with Crippen molar-refractivity contribution in [2.24, 2.45) is 7.05 Å². The van der Waals surface area contributed by atoms with Gasteiger partial charge < -0.3 is 14.6 Å². The van der Waals surface area contributed by atoms with Gasteiger partial charge in [0.15, 0.2) is 0 Å². The number of likely N-dealkylation sites (tertiary alicyclic amines) is 1. The third-order valence-electron chi connectivity index (χ3n) is 8.30. The highest BCUT2D eigenvalue weighted by Crippen LogP contribution is 2.47. The Labute approximate surface area is 245 Å². The van der Waals surface area contributed by atoms with Crippen molar-refractivity contribution >= 4 is 5.82 Å². The minimum absolute atomic E-state index is 0.197. The predicted octanol–water partition coefficient (Wildman–Crippen LogP) is 6.05. The maximum Gasteiger partial charge on any atom is 0.234 e. The van der Waals surface area contributed by atoms with Crippen molar-refractivity contribution in [1.82, 2.24) is 24.4 Å². The number of benzene rings is 2. The van der Waals surface area contributed by atoms with E-state index in [1.54, 1.807) is 12.4 Å². The number of rotatable bonds is 6. The van der Waals surface area contributed by atoms with Crippen LogP contribution in [0, 0.1) is 11.3 Å². The number of anilines is 1. The molecule has 0 bridgehead atoms. The monoisotopic (exact) mass is 553 g/mol. The van der Waals surface area contributed by atoms with Crippen molar-refractivity contribution in [3.8, 4) is 45.5 Å². The van der Waals surface area contributed by atoms with E-state index in [0.717, 1.165) is 49.6 Å². The van der Waals surface area contributed by atoms with E-state index in [9.17, 15) is 0 Å². The van der Waals surface area contributed by atoms with Gasteiger partial charge in [-0.15, -0.1) is 0 Å². The summed E-state index contributed by atoms with van der Waals surface area (Å²) in [6.07, 6.45) is 7.32. The van der Waals surface area contributed by atoms with Gasteiger partial charge in [0.25, 0.3) is 0 Å². The lowest BCUT2D eigenvalue weighted by molar-refractivity contribution is 0.211. The minimum atomic E-state index is 0.197. The molecule has 0 aliphatic carbocycles. The van der Waals surface area contributed by atoms with Gasteiger partial charge in [0.05, 0.1) is 17.6 Å². The first-order valence-electron chi connectivity index (χ1n) is 14.3. The summed E-state index contributed by atoms with van der Waals surface area (Å²) in [4.78, 5) is 15.0. The second-order valence-electron chi connectivity index (χ2n) is 10.9. The Hall–Kier alpha value is -5.00. The summed E-state index contributed by atoms with van der Waals surface area (Å²) < 4.78 is 8.49. The first kappa shape index (κ1) is 25.9. The van der Waals surface area contributed by atoms with Crippen molar-refractivity contribution in [3.05, 3.63) is 102 Å². The van der Waals surface area contributed by atoms with Gasteiger partial charge in [0, 0.05) is 61.8 Å². The molecule has 3 aromatic heterocycles. The molecule has 1 fully saturated rings. The normalized spacial score (nSPS) is 14.9. The van der Waals surface area contributed by atoms with E-state index < -0.39 is 0 Å². The highest BCUT2D eigenvalue weighted by molar-refractivity contribution is 5.92. The molecule has 0 unspecified atom stereocenters. The molecule has 5 aromatic rings. The number of hydrogen-bond donors (Lipinski definition) is 1. The van der Waals surface area contributed by atoms with Gasteiger partial charge in [-0.1, -0.05) is 54.6 Å². The summed E-state index contributed by atoms with van der Waals surface area (Å²) in [7, 11) is 2.16. The van der Waals surface area contributed by atoms with Crippen molar-refractivity contribution in [2.75, 3.05) is 18.4 Å². The Morgan fingerprint density at radius 2 is 1.76 bits per heavy atom. The van der Waals surface area contributed by atoms with Gasteiger partial charge >= 0.3 is 0 Å². The second kappa shape index (κ2) is 11.1. The van der Waals surface area contributed by atoms with Gasteiger partial charge in [0.2, 0.25) is 5.82 Å². The Bertz CT molecular complexity index is 1760. The summed E-state index contributed by atoms with van der Waals surface area (Å²) >= 11 is 0. The Balaban J connectivity index is 1.11. The molecule has 2 aromatic carbocycles. The number of ether oxygens (including phenoxy) is 1. The molecule has 8 heteroatoms. The summed E-state index contributed by atoms with van der Waals surface area (Å²) in [6, 6.07) is 25.9. The van der Waals surface area contributed by atoms with Gasteiger partial charge in [-0.05, 0) is 41.7 Å². The molecule has 0 amide bonds. The predicted molar refractivity (Wildman–Crippen MR) is 163 cm³/mol. The molecule has 0 radical (unpaired) electrons. The number of fused-ring (bicyclic) bond motifs is 3. The largest absolute Gasteiger partial charge is 0.486 e. The zero-order valence-electron chi connectivity index (χ0n) is 23.5. The van der Waals surface area contributed by atoms with Gasteiger partial charge in [-0.25, -0.2) is 9.97 Å². The van der Waals surface area contributed by atoms with Crippen LogP contribution in [0.25, 0.3) is 33.6 Å². The Kier molecular flexibility index (Phi) is 6.86. The van der Waals surface area contributed by atoms with Crippen LogP contribution in [0.15, 0.2) is 85.3 Å². The van der Waals surface area contributed by atoms with E-state index in [4.69, 9.17) is 10.00 Å². The number of nitrogens with one attached hydrogen (secondary N) is 1. The number of piperidine rings is 1. The van der Waals surface area contributed by atoms with Gasteiger partial charge in [0.1, 0.15) is 24.2 Å². The maximum absolute atomic E-state index is 9.06. The lowest BCUT2D eigenvalue weighted by Crippen LogP contribution is -2.38. The molecule has 8 nitrogen and oxygen atoms in total. The standard InChI is InChI=1S/C34H31N7O/c1-40-33(32(24-5-3-2-4-6-24)28-22-42-29-20-36-15-11-27(29)34(28)40)25-9-7-23(8-10-25)21-41-17-13-26(14-18-41)38-30-12-16-37-31(19-35)39-30/h2-12,15-16,20,26H,13-14,17-18,21-22H2,1H3,(H,37,38,39). The molecular formula is C34H31N7O. The molecule has 1 saturated heterocycles. The fourth-order valence-corrected chi connectivity index (χ4v) is 6.29. The first-order valence-corrected chi connectivity index (χ1v) is 14.3. The van der Waals surface area contributed by atoms with Crippen molar-refractivity contribution in [2.45, 2.75) is 32.0 Å². The SMILES string of the molecule is Cn1c2c(c(-c3ccccc3)c1-c1ccc(CN3CCC(Nc4ccnc(C#N)n4)CC3)cc1)COc1cnccc1-2. The third kappa shape index (κ3) is 4.89. The summed E-state index contributed by atoms with van der Waals surface area (Å²) in [5.74, 6) is 1.75. The van der Waals surface area contributed by atoms with Crippen LogP contribution in [0.5, 0.6) is 5.75 Å². The molecule has 7 rings (SSSR count). The van der Waals surface area contributed by atoms with Crippen molar-refractivity contribution in [1.29, 1.82) is 5.26 Å². The molecule has 2 aliphatic heterocycles. The van der Waals surface area contributed by atoms with E-state index >= 15 is 0 Å². The van der Waals surface area contributed by atoms with E-state index in [1.165, 1.54) is 39.2 Å². The molecule has 208 valence electrons. The summed E-state index contributed by atoms with van der Waals surface area (Å²) in [5.41, 5.74) is 9.59. The summed E-state index contributed by atoms with van der Waals surface area (Å²) in [5, 5.41) is 12.5. The van der Waals surface area contributed by atoms with Gasteiger partial charge in [-0.2, -0.15) is 5.26 Å². The van der Waals surface area contributed by atoms with E-state index in [1.807, 2.05) is 24.4 Å². The average molecular weight is 554 g/mol. The van der Waals surface area contributed by atoms with Crippen LogP contribution >= 0.6 is 0 Å². The molecule has 5 heterocycles. The average Bonchev–Trinajstić information content (AvgIpc) is 3.35. The van der Waals surface area contributed by atoms with E-state index in [2.05, 4.69) is 91.4 Å². The van der Waals surface area contributed by atoms with Crippen LogP contribution in [-0.2, 0) is 20.2 Å². The quantitative estimate of drug-likeness (QED) is 0.274. The maximum atomic E-state index is 9.06. The number of aromatic nitrogens is 4. The topological polar surface area (TPSA) is 91.9 Å². The minimum Gasteiger partial charge on any atom is -0.486 e. The number of hydrogen-bond acceptors (Lipinski definition) is 7. The number of nitrogens with zero attached hydrogens (tertiary/aromatic N) is 6. The smallest absolute Gasteiger partial charge is 0.234 e. The van der Waals surface area contributed by atoms with Gasteiger partial charge in [-0.3, -0.25) is 9.88 Å². The molecular weight excluding hydrogens is 522 g/mol.